The smallest absolute Gasteiger partial charge is 0.320 e. The third-order valence-electron chi connectivity index (χ3n) is 2.70. The van der Waals surface area contributed by atoms with Crippen LogP contribution in [-0.2, 0) is 6.54 Å². The van der Waals surface area contributed by atoms with Gasteiger partial charge in [-0.05, 0) is 46.6 Å². The maximum atomic E-state index is 5.52. The first-order valence-electron chi connectivity index (χ1n) is 6.72. The average Bonchev–Trinajstić information content (AvgIpc) is 2.86. The number of ether oxygens (including phenoxy) is 1. The van der Waals surface area contributed by atoms with Crippen LogP contribution in [0.1, 0.15) is 19.7 Å². The number of methoxy groups -OCH3 is 1. The number of anilines is 2. The standard InChI is InChI=1S/C14H19BrN4O2/c1-9(2)7-16-8-13-18-19-14(21-13)17-10-4-5-12(20-3)11(15)6-10/h4-6,9,16H,7-8H2,1-3H3,(H,17,19). The van der Waals surface area contributed by atoms with Crippen LogP contribution >= 0.6 is 15.9 Å². The first-order valence-corrected chi connectivity index (χ1v) is 7.51. The molecule has 114 valence electrons. The Balaban J connectivity index is 1.94. The van der Waals surface area contributed by atoms with Gasteiger partial charge in [0.2, 0.25) is 5.89 Å². The van der Waals surface area contributed by atoms with Crippen molar-refractivity contribution in [3.05, 3.63) is 28.6 Å². The molecule has 1 aromatic heterocycles. The molecule has 6 nitrogen and oxygen atoms in total. The fourth-order valence-electron chi connectivity index (χ4n) is 1.71. The summed E-state index contributed by atoms with van der Waals surface area (Å²) >= 11 is 3.43. The minimum atomic E-state index is 0.369. The molecule has 2 N–H and O–H groups in total. The molecular formula is C14H19BrN4O2. The first-order chi connectivity index (χ1) is 10.1. The molecular weight excluding hydrogens is 336 g/mol. The van der Waals surface area contributed by atoms with Gasteiger partial charge in [-0.2, -0.15) is 0 Å². The molecule has 7 heteroatoms. The van der Waals surface area contributed by atoms with E-state index >= 15 is 0 Å². The molecule has 1 heterocycles. The molecule has 0 radical (unpaired) electrons. The monoisotopic (exact) mass is 354 g/mol. The third-order valence-corrected chi connectivity index (χ3v) is 3.32. The number of benzene rings is 1. The van der Waals surface area contributed by atoms with Gasteiger partial charge in [-0.15, -0.1) is 5.10 Å². The van der Waals surface area contributed by atoms with Crippen molar-refractivity contribution in [2.24, 2.45) is 5.92 Å². The highest BCUT2D eigenvalue weighted by molar-refractivity contribution is 9.10. The van der Waals surface area contributed by atoms with Gasteiger partial charge in [-0.25, -0.2) is 0 Å². The average molecular weight is 355 g/mol. The molecule has 2 aromatic rings. The van der Waals surface area contributed by atoms with Crippen LogP contribution < -0.4 is 15.4 Å². The first kappa shape index (κ1) is 15.8. The van der Waals surface area contributed by atoms with Gasteiger partial charge in [0.1, 0.15) is 5.75 Å². The fraction of sp³-hybridized carbons (Fsp3) is 0.429. The molecule has 0 aliphatic carbocycles. The van der Waals surface area contributed by atoms with Crippen molar-refractivity contribution in [2.75, 3.05) is 19.0 Å². The second-order valence-electron chi connectivity index (χ2n) is 5.00. The summed E-state index contributed by atoms with van der Waals surface area (Å²) < 4.78 is 11.6. The number of aromatic nitrogens is 2. The summed E-state index contributed by atoms with van der Waals surface area (Å²) in [6.45, 7) is 5.78. The van der Waals surface area contributed by atoms with Gasteiger partial charge in [-0.3, -0.25) is 0 Å². The lowest BCUT2D eigenvalue weighted by Gasteiger charge is -2.06. The Morgan fingerprint density at radius 3 is 2.81 bits per heavy atom. The van der Waals surface area contributed by atoms with Crippen molar-refractivity contribution in [3.8, 4) is 5.75 Å². The van der Waals surface area contributed by atoms with E-state index in [-0.39, 0.29) is 0 Å². The highest BCUT2D eigenvalue weighted by atomic mass is 79.9. The van der Waals surface area contributed by atoms with E-state index in [9.17, 15) is 0 Å². The number of halogens is 1. The highest BCUT2D eigenvalue weighted by Crippen LogP contribution is 2.28. The molecule has 0 bridgehead atoms. The van der Waals surface area contributed by atoms with Crippen LogP contribution in [0.4, 0.5) is 11.7 Å². The number of nitrogens with zero attached hydrogens (tertiary/aromatic N) is 2. The van der Waals surface area contributed by atoms with Gasteiger partial charge in [0, 0.05) is 5.69 Å². The Bertz CT molecular complexity index is 586. The van der Waals surface area contributed by atoms with E-state index in [1.807, 2.05) is 18.2 Å². The van der Waals surface area contributed by atoms with E-state index in [2.05, 4.69) is 50.6 Å². The molecule has 0 saturated heterocycles. The summed E-state index contributed by atoms with van der Waals surface area (Å²) in [6.07, 6.45) is 0. The minimum Gasteiger partial charge on any atom is -0.496 e. The normalized spacial score (nSPS) is 10.9. The number of rotatable bonds is 7. The van der Waals surface area contributed by atoms with Crippen LogP contribution in [0.5, 0.6) is 5.75 Å². The molecule has 0 spiro atoms. The van der Waals surface area contributed by atoms with E-state index < -0.39 is 0 Å². The Labute approximate surface area is 132 Å². The van der Waals surface area contributed by atoms with Crippen molar-refractivity contribution in [2.45, 2.75) is 20.4 Å². The van der Waals surface area contributed by atoms with Gasteiger partial charge in [-0.1, -0.05) is 18.9 Å². The molecule has 21 heavy (non-hydrogen) atoms. The summed E-state index contributed by atoms with van der Waals surface area (Å²) in [5.74, 6) is 1.91. The Kier molecular flexibility index (Phi) is 5.58. The summed E-state index contributed by atoms with van der Waals surface area (Å²) in [5.41, 5.74) is 0.841. The van der Waals surface area contributed by atoms with Crippen LogP contribution in [0.15, 0.2) is 27.1 Å². The summed E-state index contributed by atoms with van der Waals surface area (Å²) in [5, 5.41) is 14.3. The number of hydrogen-bond acceptors (Lipinski definition) is 6. The number of hydrogen-bond donors (Lipinski definition) is 2. The highest BCUT2D eigenvalue weighted by Gasteiger charge is 2.08. The van der Waals surface area contributed by atoms with Gasteiger partial charge in [0.15, 0.2) is 0 Å². The third kappa shape index (κ3) is 4.71. The SMILES string of the molecule is COc1ccc(Nc2nnc(CNCC(C)C)o2)cc1Br. The van der Waals surface area contributed by atoms with E-state index in [0.717, 1.165) is 22.5 Å². The van der Waals surface area contributed by atoms with Crippen LogP contribution in [0, 0.1) is 5.92 Å². The summed E-state index contributed by atoms with van der Waals surface area (Å²) in [4.78, 5) is 0. The molecule has 0 aliphatic heterocycles. The second-order valence-corrected chi connectivity index (χ2v) is 5.85. The van der Waals surface area contributed by atoms with Crippen molar-refractivity contribution >= 4 is 27.6 Å². The molecule has 0 amide bonds. The van der Waals surface area contributed by atoms with Crippen LogP contribution in [0.3, 0.4) is 0 Å². The van der Waals surface area contributed by atoms with Crippen molar-refractivity contribution in [3.63, 3.8) is 0 Å². The van der Waals surface area contributed by atoms with Gasteiger partial charge >= 0.3 is 6.01 Å². The maximum Gasteiger partial charge on any atom is 0.320 e. The molecule has 2 rings (SSSR count). The van der Waals surface area contributed by atoms with E-state index in [1.165, 1.54) is 0 Å². The molecule has 0 aliphatic rings. The molecule has 0 fully saturated rings. The van der Waals surface area contributed by atoms with Crippen LogP contribution in [0.2, 0.25) is 0 Å². The predicted molar refractivity (Wildman–Crippen MR) is 84.8 cm³/mol. The lowest BCUT2D eigenvalue weighted by atomic mass is 10.2. The lowest BCUT2D eigenvalue weighted by Crippen LogP contribution is -2.19. The van der Waals surface area contributed by atoms with Crippen molar-refractivity contribution in [1.82, 2.24) is 15.5 Å². The zero-order chi connectivity index (χ0) is 15.2. The summed E-state index contributed by atoms with van der Waals surface area (Å²) in [7, 11) is 1.63. The molecule has 0 atom stereocenters. The minimum absolute atomic E-state index is 0.369. The van der Waals surface area contributed by atoms with Gasteiger partial charge in [0.25, 0.3) is 0 Å². The topological polar surface area (TPSA) is 72.2 Å². The fourth-order valence-corrected chi connectivity index (χ4v) is 2.25. The quantitative estimate of drug-likeness (QED) is 0.794. The largest absolute Gasteiger partial charge is 0.496 e. The van der Waals surface area contributed by atoms with Gasteiger partial charge in [0.05, 0.1) is 18.1 Å². The maximum absolute atomic E-state index is 5.52. The lowest BCUT2D eigenvalue weighted by molar-refractivity contribution is 0.412. The molecule has 0 unspecified atom stereocenters. The Morgan fingerprint density at radius 1 is 1.33 bits per heavy atom. The van der Waals surface area contributed by atoms with E-state index in [0.29, 0.717) is 24.4 Å². The van der Waals surface area contributed by atoms with Crippen LogP contribution in [-0.4, -0.2) is 23.9 Å². The summed E-state index contributed by atoms with van der Waals surface area (Å²) in [6, 6.07) is 5.99. The van der Waals surface area contributed by atoms with E-state index in [1.54, 1.807) is 7.11 Å². The van der Waals surface area contributed by atoms with Gasteiger partial charge < -0.3 is 19.8 Å². The van der Waals surface area contributed by atoms with E-state index in [4.69, 9.17) is 9.15 Å². The number of nitrogens with one attached hydrogen (secondary N) is 2. The zero-order valence-corrected chi connectivity index (χ0v) is 13.9. The Morgan fingerprint density at radius 2 is 2.14 bits per heavy atom. The van der Waals surface area contributed by atoms with Crippen molar-refractivity contribution < 1.29 is 9.15 Å². The van der Waals surface area contributed by atoms with Crippen molar-refractivity contribution in [1.29, 1.82) is 0 Å². The molecule has 1 aromatic carbocycles. The molecule has 0 saturated carbocycles. The zero-order valence-electron chi connectivity index (χ0n) is 12.3. The van der Waals surface area contributed by atoms with Crippen LogP contribution in [0.25, 0.3) is 0 Å². The Hall–Kier alpha value is -1.60. The predicted octanol–water partition coefficient (Wildman–Crippen LogP) is 3.33. The second kappa shape index (κ2) is 7.42.